The lowest BCUT2D eigenvalue weighted by atomic mass is 9.93. The summed E-state index contributed by atoms with van der Waals surface area (Å²) < 4.78 is 10.8. The van der Waals surface area contributed by atoms with Crippen molar-refractivity contribution < 1.29 is 23.2 Å². The Morgan fingerprint density at radius 3 is 2.41 bits per heavy atom. The standard InChI is InChI=1S/C23H22N4O5/c1-13-8-10-15(11-9-13)21(28)25-24-16-5-3-6-17-19(16)14(2)20(32-17)23(30)27-26-22(29)18-7-4-12-31-18/h4,7-12H,3,5-6H2,1-2H3,(H,25,28)(H,26,29)(H,27,30)/b24-16+. The fourth-order valence-electron chi connectivity index (χ4n) is 3.52. The molecular weight excluding hydrogens is 412 g/mol. The normalized spacial score (nSPS) is 14.0. The van der Waals surface area contributed by atoms with E-state index in [9.17, 15) is 14.4 Å². The molecule has 1 aliphatic carbocycles. The summed E-state index contributed by atoms with van der Waals surface area (Å²) in [5.74, 6) is -0.726. The molecule has 0 radical (unpaired) electrons. The van der Waals surface area contributed by atoms with Gasteiger partial charge in [-0.1, -0.05) is 17.7 Å². The van der Waals surface area contributed by atoms with E-state index in [0.29, 0.717) is 41.0 Å². The van der Waals surface area contributed by atoms with Crippen molar-refractivity contribution >= 4 is 23.4 Å². The van der Waals surface area contributed by atoms with E-state index < -0.39 is 11.8 Å². The second kappa shape index (κ2) is 8.93. The Hall–Kier alpha value is -4.14. The molecule has 1 aromatic carbocycles. The lowest BCUT2D eigenvalue weighted by Gasteiger charge is -2.13. The molecule has 0 unspecified atom stereocenters. The first kappa shape index (κ1) is 21.1. The van der Waals surface area contributed by atoms with Crippen molar-refractivity contribution in [2.75, 3.05) is 0 Å². The fourth-order valence-corrected chi connectivity index (χ4v) is 3.52. The second-order valence-electron chi connectivity index (χ2n) is 7.46. The van der Waals surface area contributed by atoms with Crippen molar-refractivity contribution in [1.82, 2.24) is 16.3 Å². The molecule has 0 bridgehead atoms. The number of nitrogens with one attached hydrogen (secondary N) is 3. The van der Waals surface area contributed by atoms with Crippen molar-refractivity contribution in [3.8, 4) is 0 Å². The van der Waals surface area contributed by atoms with E-state index in [2.05, 4.69) is 21.4 Å². The highest BCUT2D eigenvalue weighted by atomic mass is 16.4. The summed E-state index contributed by atoms with van der Waals surface area (Å²) >= 11 is 0. The van der Waals surface area contributed by atoms with Gasteiger partial charge in [0.2, 0.25) is 0 Å². The molecule has 0 aliphatic heterocycles. The second-order valence-corrected chi connectivity index (χ2v) is 7.46. The number of nitrogens with zero attached hydrogens (tertiary/aromatic N) is 1. The third kappa shape index (κ3) is 4.31. The molecule has 2 aromatic heterocycles. The number of furan rings is 2. The van der Waals surface area contributed by atoms with Crippen LogP contribution in [0.15, 0.2) is 56.6 Å². The largest absolute Gasteiger partial charge is 0.459 e. The van der Waals surface area contributed by atoms with Crippen LogP contribution in [0.5, 0.6) is 0 Å². The van der Waals surface area contributed by atoms with E-state index in [1.54, 1.807) is 25.1 Å². The van der Waals surface area contributed by atoms with Crippen LogP contribution >= 0.6 is 0 Å². The molecule has 3 N–H and O–H groups in total. The van der Waals surface area contributed by atoms with Gasteiger partial charge in [-0.3, -0.25) is 25.2 Å². The molecule has 0 fully saturated rings. The Balaban J connectivity index is 1.49. The van der Waals surface area contributed by atoms with Gasteiger partial charge in [0.1, 0.15) is 5.76 Å². The highest BCUT2D eigenvalue weighted by molar-refractivity contribution is 6.07. The van der Waals surface area contributed by atoms with Crippen LogP contribution in [0.4, 0.5) is 0 Å². The summed E-state index contributed by atoms with van der Waals surface area (Å²) in [5.41, 5.74) is 10.7. The molecule has 4 rings (SSSR count). The number of fused-ring (bicyclic) bond motifs is 1. The zero-order valence-electron chi connectivity index (χ0n) is 17.7. The summed E-state index contributed by atoms with van der Waals surface area (Å²) in [7, 11) is 0. The molecule has 0 saturated heterocycles. The molecule has 0 atom stereocenters. The summed E-state index contributed by atoms with van der Waals surface area (Å²) in [6, 6.07) is 10.2. The summed E-state index contributed by atoms with van der Waals surface area (Å²) in [6.45, 7) is 3.69. The van der Waals surface area contributed by atoms with Crippen molar-refractivity contribution in [2.45, 2.75) is 33.1 Å². The van der Waals surface area contributed by atoms with Crippen LogP contribution in [0.25, 0.3) is 0 Å². The van der Waals surface area contributed by atoms with Crippen LogP contribution < -0.4 is 16.3 Å². The average molecular weight is 434 g/mol. The quantitative estimate of drug-likeness (QED) is 0.544. The Labute approximate surface area is 183 Å². The number of amides is 3. The van der Waals surface area contributed by atoms with Gasteiger partial charge in [0, 0.05) is 23.1 Å². The number of aryl methyl sites for hydroxylation is 2. The van der Waals surface area contributed by atoms with E-state index in [4.69, 9.17) is 8.83 Å². The minimum absolute atomic E-state index is 0.0690. The SMILES string of the molecule is Cc1ccc(C(=O)N/N=C2\CCCc3oc(C(=O)NNC(=O)c4ccco4)c(C)c32)cc1. The highest BCUT2D eigenvalue weighted by Gasteiger charge is 2.28. The minimum Gasteiger partial charge on any atom is -0.459 e. The summed E-state index contributed by atoms with van der Waals surface area (Å²) in [4.78, 5) is 36.9. The van der Waals surface area contributed by atoms with E-state index in [0.717, 1.165) is 12.0 Å². The number of hydrogen-bond acceptors (Lipinski definition) is 6. The fraction of sp³-hybridized carbons (Fsp3) is 0.217. The molecule has 2 heterocycles. The first-order valence-corrected chi connectivity index (χ1v) is 10.1. The smallest absolute Gasteiger partial charge is 0.305 e. The van der Waals surface area contributed by atoms with Gasteiger partial charge in [0.25, 0.3) is 5.91 Å². The number of carbonyl (C=O) groups is 3. The summed E-state index contributed by atoms with van der Waals surface area (Å²) in [5, 5.41) is 4.31. The van der Waals surface area contributed by atoms with Crippen LogP contribution in [-0.4, -0.2) is 23.4 Å². The molecule has 0 saturated carbocycles. The molecule has 3 amide bonds. The van der Waals surface area contributed by atoms with Crippen LogP contribution in [0.1, 0.15) is 66.8 Å². The highest BCUT2D eigenvalue weighted by Crippen LogP contribution is 2.29. The predicted molar refractivity (Wildman–Crippen MR) is 115 cm³/mol. The maximum absolute atomic E-state index is 12.6. The monoisotopic (exact) mass is 434 g/mol. The topological polar surface area (TPSA) is 126 Å². The lowest BCUT2D eigenvalue weighted by Crippen LogP contribution is -2.41. The lowest BCUT2D eigenvalue weighted by molar-refractivity contribution is 0.0815. The molecule has 32 heavy (non-hydrogen) atoms. The molecule has 3 aromatic rings. The summed E-state index contributed by atoms with van der Waals surface area (Å²) in [6.07, 6.45) is 3.42. The van der Waals surface area contributed by atoms with Gasteiger partial charge in [-0.2, -0.15) is 5.10 Å². The van der Waals surface area contributed by atoms with Crippen LogP contribution in [0.3, 0.4) is 0 Å². The Morgan fingerprint density at radius 2 is 1.69 bits per heavy atom. The van der Waals surface area contributed by atoms with E-state index in [1.807, 2.05) is 19.1 Å². The van der Waals surface area contributed by atoms with E-state index in [1.165, 1.54) is 12.3 Å². The molecule has 164 valence electrons. The third-order valence-corrected chi connectivity index (χ3v) is 5.17. The number of hydrazine groups is 1. The molecule has 9 heteroatoms. The van der Waals surface area contributed by atoms with Crippen LogP contribution in [0, 0.1) is 13.8 Å². The van der Waals surface area contributed by atoms with E-state index >= 15 is 0 Å². The minimum atomic E-state index is -0.597. The van der Waals surface area contributed by atoms with Crippen LogP contribution in [-0.2, 0) is 6.42 Å². The first-order chi connectivity index (χ1) is 15.4. The van der Waals surface area contributed by atoms with Crippen LogP contribution in [0.2, 0.25) is 0 Å². The van der Waals surface area contributed by atoms with Gasteiger partial charge in [-0.15, -0.1) is 0 Å². The number of benzene rings is 1. The Bertz CT molecular complexity index is 1190. The molecule has 1 aliphatic rings. The van der Waals surface area contributed by atoms with Crippen molar-refractivity contribution in [1.29, 1.82) is 0 Å². The maximum atomic E-state index is 12.6. The van der Waals surface area contributed by atoms with Gasteiger partial charge in [0.15, 0.2) is 11.5 Å². The number of carbonyl (C=O) groups excluding carboxylic acids is 3. The molecule has 0 spiro atoms. The molecule has 9 nitrogen and oxygen atoms in total. The van der Waals surface area contributed by atoms with Gasteiger partial charge < -0.3 is 8.83 Å². The first-order valence-electron chi connectivity index (χ1n) is 10.1. The van der Waals surface area contributed by atoms with Crippen molar-refractivity contribution in [3.05, 3.63) is 82.2 Å². The number of hydrazone groups is 1. The van der Waals surface area contributed by atoms with Crippen molar-refractivity contribution in [3.63, 3.8) is 0 Å². The van der Waals surface area contributed by atoms with Gasteiger partial charge in [0.05, 0.1) is 12.0 Å². The average Bonchev–Trinajstić information content (AvgIpc) is 3.45. The Morgan fingerprint density at radius 1 is 0.938 bits per heavy atom. The zero-order chi connectivity index (χ0) is 22.7. The van der Waals surface area contributed by atoms with Gasteiger partial charge >= 0.3 is 11.8 Å². The Kier molecular flexibility index (Phi) is 5.89. The predicted octanol–water partition coefficient (Wildman–Crippen LogP) is 3.03. The molecular formula is C23H22N4O5. The van der Waals surface area contributed by atoms with Gasteiger partial charge in [-0.25, -0.2) is 5.43 Å². The zero-order valence-corrected chi connectivity index (χ0v) is 17.7. The van der Waals surface area contributed by atoms with E-state index in [-0.39, 0.29) is 17.4 Å². The third-order valence-electron chi connectivity index (χ3n) is 5.17. The maximum Gasteiger partial charge on any atom is 0.305 e. The van der Waals surface area contributed by atoms with Gasteiger partial charge in [-0.05, 0) is 51.0 Å². The number of hydrogen-bond donors (Lipinski definition) is 3. The van der Waals surface area contributed by atoms with Crippen molar-refractivity contribution in [2.24, 2.45) is 5.10 Å². The number of rotatable bonds is 4.